The van der Waals surface area contributed by atoms with E-state index in [-0.39, 0.29) is 0 Å². The monoisotopic (exact) mass is 307 g/mol. The Hall–Kier alpha value is -0.340. The number of fused-ring (bicyclic) bond motifs is 1. The van der Waals surface area contributed by atoms with E-state index in [0.29, 0.717) is 11.5 Å². The predicted molar refractivity (Wildman–Crippen MR) is 79.9 cm³/mol. The van der Waals surface area contributed by atoms with Gasteiger partial charge in [0, 0.05) is 17.1 Å². The topological polar surface area (TPSA) is 12.0 Å². The van der Waals surface area contributed by atoms with E-state index in [9.17, 15) is 0 Å². The van der Waals surface area contributed by atoms with Gasteiger partial charge in [-0.2, -0.15) is 0 Å². The van der Waals surface area contributed by atoms with Gasteiger partial charge in [0.1, 0.15) is 0 Å². The zero-order valence-corrected chi connectivity index (χ0v) is 12.7. The summed E-state index contributed by atoms with van der Waals surface area (Å²) in [6.07, 6.45) is 7.95. The average molecular weight is 308 g/mol. The molecule has 2 aliphatic carbocycles. The molecule has 0 saturated heterocycles. The summed E-state index contributed by atoms with van der Waals surface area (Å²) in [6, 6.07) is 7.46. The second-order valence-corrected chi connectivity index (χ2v) is 7.00. The maximum absolute atomic E-state index is 3.82. The van der Waals surface area contributed by atoms with Crippen LogP contribution in [0.3, 0.4) is 0 Å². The van der Waals surface area contributed by atoms with Gasteiger partial charge in [-0.25, -0.2) is 0 Å². The van der Waals surface area contributed by atoms with Gasteiger partial charge in [0.2, 0.25) is 0 Å². The first kappa shape index (κ1) is 12.7. The van der Waals surface area contributed by atoms with Gasteiger partial charge in [0.15, 0.2) is 0 Å². The minimum absolute atomic E-state index is 0.667. The van der Waals surface area contributed by atoms with Gasteiger partial charge in [-0.15, -0.1) is 0 Å². The minimum atomic E-state index is 0.667. The molecule has 1 aromatic carbocycles. The molecule has 18 heavy (non-hydrogen) atoms. The van der Waals surface area contributed by atoms with Gasteiger partial charge < -0.3 is 5.32 Å². The van der Waals surface area contributed by atoms with E-state index in [2.05, 4.69) is 46.4 Å². The van der Waals surface area contributed by atoms with Crippen molar-refractivity contribution in [1.29, 1.82) is 0 Å². The third-order valence-electron chi connectivity index (χ3n) is 4.87. The lowest BCUT2D eigenvalue weighted by Crippen LogP contribution is -2.38. The van der Waals surface area contributed by atoms with Crippen LogP contribution in [0.1, 0.15) is 43.7 Å². The van der Waals surface area contributed by atoms with Crippen LogP contribution in [0.15, 0.2) is 22.7 Å². The Kier molecular flexibility index (Phi) is 3.50. The van der Waals surface area contributed by atoms with Gasteiger partial charge in [-0.05, 0) is 67.2 Å². The Labute approximate surface area is 118 Å². The van der Waals surface area contributed by atoms with Gasteiger partial charge >= 0.3 is 0 Å². The Morgan fingerprint density at radius 2 is 2.17 bits per heavy atom. The number of aryl methyl sites for hydroxylation is 1. The van der Waals surface area contributed by atoms with Crippen molar-refractivity contribution in [2.45, 2.75) is 51.5 Å². The highest BCUT2D eigenvalue weighted by Crippen LogP contribution is 2.48. The van der Waals surface area contributed by atoms with Crippen molar-refractivity contribution in [3.8, 4) is 0 Å². The lowest BCUT2D eigenvalue weighted by atomic mass is 9.88. The highest BCUT2D eigenvalue weighted by molar-refractivity contribution is 9.10. The highest BCUT2D eigenvalue weighted by atomic mass is 79.9. The Balaban J connectivity index is 1.59. The molecule has 1 atom stereocenters. The van der Waals surface area contributed by atoms with E-state index < -0.39 is 0 Å². The van der Waals surface area contributed by atoms with E-state index in [1.54, 1.807) is 11.1 Å². The molecule has 0 heterocycles. The summed E-state index contributed by atoms with van der Waals surface area (Å²) in [4.78, 5) is 0. The van der Waals surface area contributed by atoms with Crippen LogP contribution >= 0.6 is 15.9 Å². The second-order valence-electron chi connectivity index (χ2n) is 6.09. The molecule has 0 aliphatic heterocycles. The zero-order valence-electron chi connectivity index (χ0n) is 11.1. The van der Waals surface area contributed by atoms with Crippen molar-refractivity contribution in [3.63, 3.8) is 0 Å². The van der Waals surface area contributed by atoms with E-state index >= 15 is 0 Å². The van der Waals surface area contributed by atoms with Crippen LogP contribution in [0.5, 0.6) is 0 Å². The average Bonchev–Trinajstić information content (AvgIpc) is 3.17. The van der Waals surface area contributed by atoms with Gasteiger partial charge in [-0.3, -0.25) is 0 Å². The standard InChI is InChI=1S/C16H22BrN/c1-2-16(7-8-16)11-18-15-6-4-12-9-14(17)5-3-13(12)10-15/h3,5,9,15,18H,2,4,6-8,10-11H2,1H3. The molecule has 1 N–H and O–H groups in total. The number of nitrogens with one attached hydrogen (secondary N) is 1. The summed E-state index contributed by atoms with van der Waals surface area (Å²) in [5, 5.41) is 3.82. The van der Waals surface area contributed by atoms with E-state index in [1.807, 2.05) is 0 Å². The molecular formula is C16H22BrN. The van der Waals surface area contributed by atoms with E-state index in [0.717, 1.165) is 0 Å². The zero-order chi connectivity index (χ0) is 12.6. The summed E-state index contributed by atoms with van der Waals surface area (Å²) >= 11 is 3.56. The highest BCUT2D eigenvalue weighted by Gasteiger charge is 2.40. The van der Waals surface area contributed by atoms with Crippen molar-refractivity contribution < 1.29 is 0 Å². The van der Waals surface area contributed by atoms with Crippen LogP contribution < -0.4 is 5.32 Å². The molecule has 0 amide bonds. The maximum Gasteiger partial charge on any atom is 0.0178 e. The Morgan fingerprint density at radius 3 is 2.89 bits per heavy atom. The molecule has 1 nitrogen and oxygen atoms in total. The molecule has 2 aliphatic rings. The lowest BCUT2D eigenvalue weighted by Gasteiger charge is -2.27. The van der Waals surface area contributed by atoms with Crippen LogP contribution in [0.25, 0.3) is 0 Å². The van der Waals surface area contributed by atoms with Crippen molar-refractivity contribution >= 4 is 15.9 Å². The Bertz CT molecular complexity index is 437. The van der Waals surface area contributed by atoms with E-state index in [1.165, 1.54) is 49.5 Å². The first-order valence-electron chi connectivity index (χ1n) is 7.21. The summed E-state index contributed by atoms with van der Waals surface area (Å²) in [5.41, 5.74) is 3.75. The van der Waals surface area contributed by atoms with Gasteiger partial charge in [0.05, 0.1) is 0 Å². The largest absolute Gasteiger partial charge is 0.313 e. The molecule has 1 aromatic rings. The van der Waals surface area contributed by atoms with Gasteiger partial charge in [0.25, 0.3) is 0 Å². The van der Waals surface area contributed by atoms with E-state index in [4.69, 9.17) is 0 Å². The quantitative estimate of drug-likeness (QED) is 0.883. The molecule has 2 heteroatoms. The first-order valence-corrected chi connectivity index (χ1v) is 8.01. The Morgan fingerprint density at radius 1 is 1.33 bits per heavy atom. The minimum Gasteiger partial charge on any atom is -0.313 e. The SMILES string of the molecule is CCC1(CNC2CCc3cc(Br)ccc3C2)CC1. The summed E-state index contributed by atoms with van der Waals surface area (Å²) in [5.74, 6) is 0. The fourth-order valence-electron chi connectivity index (χ4n) is 3.09. The van der Waals surface area contributed by atoms with Crippen LogP contribution in [0.4, 0.5) is 0 Å². The maximum atomic E-state index is 3.82. The normalized spacial score (nSPS) is 24.7. The molecule has 1 fully saturated rings. The molecule has 98 valence electrons. The molecular weight excluding hydrogens is 286 g/mol. The number of hydrogen-bond donors (Lipinski definition) is 1. The number of rotatable bonds is 4. The summed E-state index contributed by atoms with van der Waals surface area (Å²) in [7, 11) is 0. The molecule has 0 bridgehead atoms. The second kappa shape index (κ2) is 4.97. The van der Waals surface area contributed by atoms with Crippen molar-refractivity contribution in [2.24, 2.45) is 5.41 Å². The molecule has 1 saturated carbocycles. The van der Waals surface area contributed by atoms with Gasteiger partial charge in [-0.1, -0.05) is 28.9 Å². The predicted octanol–water partition coefficient (Wildman–Crippen LogP) is 4.09. The van der Waals surface area contributed by atoms with Crippen LogP contribution in [-0.4, -0.2) is 12.6 Å². The van der Waals surface area contributed by atoms with Crippen molar-refractivity contribution in [2.75, 3.05) is 6.54 Å². The fraction of sp³-hybridized carbons (Fsp3) is 0.625. The number of hydrogen-bond acceptors (Lipinski definition) is 1. The number of halogens is 1. The van der Waals surface area contributed by atoms with Crippen molar-refractivity contribution in [1.82, 2.24) is 5.32 Å². The van der Waals surface area contributed by atoms with Crippen LogP contribution in [0.2, 0.25) is 0 Å². The summed E-state index contributed by atoms with van der Waals surface area (Å²) < 4.78 is 1.22. The number of benzene rings is 1. The van der Waals surface area contributed by atoms with Crippen LogP contribution in [0, 0.1) is 5.41 Å². The summed E-state index contributed by atoms with van der Waals surface area (Å²) in [6.45, 7) is 3.57. The first-order chi connectivity index (χ1) is 8.71. The molecule has 0 aromatic heterocycles. The molecule has 0 radical (unpaired) electrons. The van der Waals surface area contributed by atoms with Crippen LogP contribution in [-0.2, 0) is 12.8 Å². The smallest absolute Gasteiger partial charge is 0.0178 e. The van der Waals surface area contributed by atoms with Crippen molar-refractivity contribution in [3.05, 3.63) is 33.8 Å². The molecule has 3 rings (SSSR count). The molecule has 0 spiro atoms. The third-order valence-corrected chi connectivity index (χ3v) is 5.36. The lowest BCUT2D eigenvalue weighted by molar-refractivity contribution is 0.378. The third kappa shape index (κ3) is 2.65. The molecule has 1 unspecified atom stereocenters. The fourth-order valence-corrected chi connectivity index (χ4v) is 3.50.